The summed E-state index contributed by atoms with van der Waals surface area (Å²) in [6.45, 7) is 4.63. The molecule has 0 unspecified atom stereocenters. The summed E-state index contributed by atoms with van der Waals surface area (Å²) < 4.78 is 6.54. The Morgan fingerprint density at radius 3 is 2.52 bits per heavy atom. The molecule has 0 saturated carbocycles. The summed E-state index contributed by atoms with van der Waals surface area (Å²) in [5.41, 5.74) is 1.53. The average molecular weight is 346 g/mol. The lowest BCUT2D eigenvalue weighted by Crippen LogP contribution is -2.53. The fourth-order valence-electron chi connectivity index (χ4n) is 2.91. The van der Waals surface area contributed by atoms with Crippen LogP contribution in [-0.2, 0) is 7.05 Å². The summed E-state index contributed by atoms with van der Waals surface area (Å²) in [5, 5.41) is 2.84. The van der Waals surface area contributed by atoms with Crippen molar-refractivity contribution in [1.29, 1.82) is 0 Å². The Labute approximate surface area is 145 Å². The number of benzene rings is 1. The summed E-state index contributed by atoms with van der Waals surface area (Å²) in [7, 11) is 1.62. The lowest BCUT2D eigenvalue weighted by atomic mass is 10.1. The Balaban J connectivity index is 1.66. The molecule has 1 aliphatic heterocycles. The lowest BCUT2D eigenvalue weighted by Gasteiger charge is -2.34. The molecule has 1 aliphatic rings. The zero-order chi connectivity index (χ0) is 18.0. The lowest BCUT2D eigenvalue weighted by molar-refractivity contribution is 0.0665. The number of aromatic nitrogens is 1. The number of nitrogens with one attached hydrogen (secondary N) is 1. The van der Waals surface area contributed by atoms with E-state index < -0.39 is 5.76 Å². The summed E-state index contributed by atoms with van der Waals surface area (Å²) >= 11 is 0. The molecule has 1 aromatic heterocycles. The number of piperazine rings is 1. The molecule has 3 amide bonds. The van der Waals surface area contributed by atoms with Gasteiger partial charge in [0.15, 0.2) is 5.58 Å². The molecule has 0 bridgehead atoms. The van der Waals surface area contributed by atoms with Crippen molar-refractivity contribution in [3.8, 4) is 0 Å². The van der Waals surface area contributed by atoms with Crippen LogP contribution in [-0.4, -0.2) is 59.0 Å². The maximum atomic E-state index is 12.7. The summed E-state index contributed by atoms with van der Waals surface area (Å²) in [6, 6.07) is 4.92. The molecule has 3 rings (SSSR count). The molecule has 2 heterocycles. The van der Waals surface area contributed by atoms with Crippen molar-refractivity contribution in [1.82, 2.24) is 19.7 Å². The van der Waals surface area contributed by atoms with Crippen molar-refractivity contribution in [2.45, 2.75) is 13.3 Å². The Morgan fingerprint density at radius 2 is 1.84 bits per heavy atom. The fourth-order valence-corrected chi connectivity index (χ4v) is 2.91. The van der Waals surface area contributed by atoms with E-state index in [1.807, 2.05) is 6.92 Å². The average Bonchev–Trinajstić information content (AvgIpc) is 2.92. The van der Waals surface area contributed by atoms with Crippen LogP contribution in [0.25, 0.3) is 11.1 Å². The van der Waals surface area contributed by atoms with Gasteiger partial charge in [-0.3, -0.25) is 9.36 Å². The molecule has 1 saturated heterocycles. The summed E-state index contributed by atoms with van der Waals surface area (Å²) in [5.74, 6) is -0.576. The first-order valence-corrected chi connectivity index (χ1v) is 8.43. The zero-order valence-corrected chi connectivity index (χ0v) is 14.4. The smallest absolute Gasteiger partial charge is 0.408 e. The monoisotopic (exact) mass is 346 g/mol. The maximum absolute atomic E-state index is 12.7. The van der Waals surface area contributed by atoms with Crippen molar-refractivity contribution in [2.75, 3.05) is 32.7 Å². The number of aryl methyl sites for hydroxylation is 1. The van der Waals surface area contributed by atoms with E-state index in [0.717, 1.165) is 6.42 Å². The second-order valence-corrected chi connectivity index (χ2v) is 6.12. The normalized spacial score (nSPS) is 14.8. The van der Waals surface area contributed by atoms with Gasteiger partial charge in [-0.25, -0.2) is 9.59 Å². The van der Waals surface area contributed by atoms with Crippen LogP contribution in [0.15, 0.2) is 27.4 Å². The van der Waals surface area contributed by atoms with Gasteiger partial charge < -0.3 is 19.5 Å². The first-order valence-electron chi connectivity index (χ1n) is 8.43. The van der Waals surface area contributed by atoms with E-state index in [4.69, 9.17) is 4.42 Å². The van der Waals surface area contributed by atoms with Crippen LogP contribution in [0.1, 0.15) is 23.7 Å². The third-order valence-electron chi connectivity index (χ3n) is 4.42. The van der Waals surface area contributed by atoms with E-state index in [1.54, 1.807) is 35.0 Å². The van der Waals surface area contributed by atoms with Crippen LogP contribution in [0.4, 0.5) is 4.79 Å². The van der Waals surface area contributed by atoms with E-state index in [-0.39, 0.29) is 11.9 Å². The van der Waals surface area contributed by atoms with Gasteiger partial charge in [0.2, 0.25) is 0 Å². The van der Waals surface area contributed by atoms with Crippen LogP contribution < -0.4 is 11.1 Å². The molecule has 0 aliphatic carbocycles. The van der Waals surface area contributed by atoms with E-state index in [9.17, 15) is 14.4 Å². The number of nitrogens with zero attached hydrogens (tertiary/aromatic N) is 3. The first kappa shape index (κ1) is 17.1. The first-order chi connectivity index (χ1) is 12.0. The minimum absolute atomic E-state index is 0.0820. The van der Waals surface area contributed by atoms with Crippen molar-refractivity contribution in [2.24, 2.45) is 7.05 Å². The Bertz CT molecular complexity index is 846. The number of carbonyl (C=O) groups excluding carboxylic acids is 2. The Morgan fingerprint density at radius 1 is 1.16 bits per heavy atom. The van der Waals surface area contributed by atoms with Gasteiger partial charge in [-0.2, -0.15) is 0 Å². The highest BCUT2D eigenvalue weighted by molar-refractivity contribution is 5.97. The topological polar surface area (TPSA) is 87.8 Å². The van der Waals surface area contributed by atoms with Gasteiger partial charge in [0.05, 0.1) is 5.52 Å². The molecule has 0 radical (unpaired) electrons. The predicted molar refractivity (Wildman–Crippen MR) is 92.6 cm³/mol. The largest absolute Gasteiger partial charge is 0.419 e. The molecule has 8 nitrogen and oxygen atoms in total. The summed E-state index contributed by atoms with van der Waals surface area (Å²) in [4.78, 5) is 39.6. The number of fused-ring (bicyclic) bond motifs is 1. The highest BCUT2D eigenvalue weighted by Gasteiger charge is 2.25. The minimum Gasteiger partial charge on any atom is -0.408 e. The Hall–Kier alpha value is -2.77. The van der Waals surface area contributed by atoms with Crippen LogP contribution in [0, 0.1) is 0 Å². The minimum atomic E-state index is -0.452. The molecule has 8 heteroatoms. The van der Waals surface area contributed by atoms with Gasteiger partial charge in [-0.15, -0.1) is 0 Å². The van der Waals surface area contributed by atoms with Crippen LogP contribution >= 0.6 is 0 Å². The van der Waals surface area contributed by atoms with Crippen LogP contribution in [0.3, 0.4) is 0 Å². The molecule has 1 fully saturated rings. The van der Waals surface area contributed by atoms with Gasteiger partial charge in [0.1, 0.15) is 0 Å². The SMILES string of the molecule is CCCNC(=O)N1CCN(C(=O)c2ccc3c(c2)oc(=O)n3C)CC1. The van der Waals surface area contributed by atoms with Crippen molar-refractivity contribution in [3.63, 3.8) is 0 Å². The van der Waals surface area contributed by atoms with E-state index in [1.165, 1.54) is 4.57 Å². The standard InChI is InChI=1S/C17H22N4O4/c1-3-6-18-16(23)21-9-7-20(8-10-21)15(22)12-4-5-13-14(11-12)25-17(24)19(13)2/h4-5,11H,3,6-10H2,1-2H3,(H,18,23). The van der Waals surface area contributed by atoms with Gasteiger partial charge in [-0.1, -0.05) is 6.92 Å². The van der Waals surface area contributed by atoms with E-state index >= 15 is 0 Å². The predicted octanol–water partition coefficient (Wildman–Crippen LogP) is 1.01. The summed E-state index contributed by atoms with van der Waals surface area (Å²) in [6.07, 6.45) is 0.891. The van der Waals surface area contributed by atoms with Gasteiger partial charge in [0, 0.05) is 45.3 Å². The van der Waals surface area contributed by atoms with Crippen molar-refractivity contribution >= 4 is 23.0 Å². The molecule has 0 atom stereocenters. The van der Waals surface area contributed by atoms with Crippen molar-refractivity contribution in [3.05, 3.63) is 34.3 Å². The van der Waals surface area contributed by atoms with E-state index in [2.05, 4.69) is 5.32 Å². The van der Waals surface area contributed by atoms with Gasteiger partial charge >= 0.3 is 11.8 Å². The van der Waals surface area contributed by atoms with Crippen LogP contribution in [0.5, 0.6) is 0 Å². The second kappa shape index (κ2) is 7.00. The molecule has 134 valence electrons. The molecule has 0 spiro atoms. The highest BCUT2D eigenvalue weighted by Crippen LogP contribution is 2.16. The number of carbonyl (C=O) groups is 2. The number of urea groups is 1. The molecule has 1 N–H and O–H groups in total. The number of hydrogen-bond donors (Lipinski definition) is 1. The third-order valence-corrected chi connectivity index (χ3v) is 4.42. The number of rotatable bonds is 3. The van der Waals surface area contributed by atoms with E-state index in [0.29, 0.717) is 49.4 Å². The highest BCUT2D eigenvalue weighted by atomic mass is 16.4. The van der Waals surface area contributed by atoms with Gasteiger partial charge in [-0.05, 0) is 24.6 Å². The molecule has 2 aromatic rings. The third kappa shape index (κ3) is 3.38. The molecule has 1 aromatic carbocycles. The Kier molecular flexibility index (Phi) is 4.78. The molecule has 25 heavy (non-hydrogen) atoms. The number of amides is 3. The quantitative estimate of drug-likeness (QED) is 0.898. The zero-order valence-electron chi connectivity index (χ0n) is 14.4. The van der Waals surface area contributed by atoms with Crippen molar-refractivity contribution < 1.29 is 14.0 Å². The number of hydrogen-bond acceptors (Lipinski definition) is 4. The molecular formula is C17H22N4O4. The second-order valence-electron chi connectivity index (χ2n) is 6.12. The molecular weight excluding hydrogens is 324 g/mol. The maximum Gasteiger partial charge on any atom is 0.419 e. The number of oxazole rings is 1. The van der Waals surface area contributed by atoms with Gasteiger partial charge in [0.25, 0.3) is 5.91 Å². The fraction of sp³-hybridized carbons (Fsp3) is 0.471. The van der Waals surface area contributed by atoms with Crippen LogP contribution in [0.2, 0.25) is 0 Å².